The zero-order valence-corrected chi connectivity index (χ0v) is 11.2. The second kappa shape index (κ2) is 4.98. The summed E-state index contributed by atoms with van der Waals surface area (Å²) in [5.41, 5.74) is 0.810. The smallest absolute Gasteiger partial charge is 0.328 e. The third kappa shape index (κ3) is 2.45. The van der Waals surface area contributed by atoms with E-state index in [1.807, 2.05) is 6.92 Å². The molecule has 0 aliphatic carbocycles. The number of nitrogens with one attached hydrogen (secondary N) is 1. The van der Waals surface area contributed by atoms with Crippen LogP contribution in [0.3, 0.4) is 0 Å². The van der Waals surface area contributed by atoms with E-state index in [0.717, 1.165) is 15.9 Å². The molecule has 3 N–H and O–H groups in total. The summed E-state index contributed by atoms with van der Waals surface area (Å²) in [5.74, 6) is -1.78. The first kappa shape index (κ1) is 13.5. The molecule has 2 heterocycles. The molecule has 0 spiro atoms. The van der Waals surface area contributed by atoms with Crippen molar-refractivity contribution in [1.29, 1.82) is 0 Å². The van der Waals surface area contributed by atoms with Gasteiger partial charge in [-0.05, 0) is 13.0 Å². The molecule has 8 heteroatoms. The molecule has 2 rings (SSSR count). The molecule has 0 aliphatic heterocycles. The van der Waals surface area contributed by atoms with E-state index in [9.17, 15) is 9.59 Å². The molecule has 0 aromatic carbocycles. The Bertz CT molecular complexity index is 611. The summed E-state index contributed by atoms with van der Waals surface area (Å²) in [5, 5.41) is 25.0. The molecule has 0 unspecified atom stereocenters. The molecule has 0 aliphatic rings. The van der Waals surface area contributed by atoms with E-state index in [2.05, 4.69) is 10.4 Å². The highest BCUT2D eigenvalue weighted by molar-refractivity contribution is 7.20. The molecular formula is C11H13N3O4S. The van der Waals surface area contributed by atoms with Gasteiger partial charge >= 0.3 is 5.97 Å². The fraction of sp³-hybridized carbons (Fsp3) is 0.364. The normalized spacial score (nSPS) is 12.6. The van der Waals surface area contributed by atoms with E-state index in [1.165, 1.54) is 11.3 Å². The molecule has 7 nitrogen and oxygen atoms in total. The number of aliphatic hydroxyl groups is 1. The Labute approximate surface area is 112 Å². The highest BCUT2D eigenvalue weighted by atomic mass is 32.1. The van der Waals surface area contributed by atoms with Gasteiger partial charge in [0.25, 0.3) is 5.91 Å². The summed E-state index contributed by atoms with van der Waals surface area (Å²) < 4.78 is 1.67. The van der Waals surface area contributed by atoms with Crippen LogP contribution in [0.25, 0.3) is 10.2 Å². The lowest BCUT2D eigenvalue weighted by molar-refractivity contribution is -0.140. The number of aliphatic hydroxyl groups excluding tert-OH is 1. The second-order valence-electron chi connectivity index (χ2n) is 4.09. The number of carboxylic acid groups (broad SMARTS) is 1. The van der Waals surface area contributed by atoms with Crippen LogP contribution < -0.4 is 5.32 Å². The molecule has 1 amide bonds. The first-order valence-corrected chi connectivity index (χ1v) is 6.33. The van der Waals surface area contributed by atoms with E-state index in [4.69, 9.17) is 10.2 Å². The van der Waals surface area contributed by atoms with Gasteiger partial charge in [-0.25, -0.2) is 4.79 Å². The van der Waals surface area contributed by atoms with Gasteiger partial charge in [0.15, 0.2) is 6.04 Å². The molecular weight excluding hydrogens is 270 g/mol. The largest absolute Gasteiger partial charge is 0.480 e. The molecule has 19 heavy (non-hydrogen) atoms. The second-order valence-corrected chi connectivity index (χ2v) is 5.12. The molecule has 0 saturated heterocycles. The Kier molecular flexibility index (Phi) is 3.54. The van der Waals surface area contributed by atoms with E-state index < -0.39 is 24.5 Å². The third-order valence-electron chi connectivity index (χ3n) is 2.71. The number of aliphatic carboxylic acids is 1. The lowest BCUT2D eigenvalue weighted by atomic mass is 10.2. The Balaban J connectivity index is 2.27. The van der Waals surface area contributed by atoms with E-state index in [0.29, 0.717) is 4.88 Å². The summed E-state index contributed by atoms with van der Waals surface area (Å²) in [6.45, 7) is 1.19. The van der Waals surface area contributed by atoms with E-state index >= 15 is 0 Å². The zero-order chi connectivity index (χ0) is 14.2. The van der Waals surface area contributed by atoms with Gasteiger partial charge in [0.2, 0.25) is 0 Å². The molecule has 0 fully saturated rings. The standard InChI is InChI=1S/C11H13N3O4S/c1-5-6-3-8(19-10(6)14(2)13-5)9(16)12-7(4-15)11(17)18/h3,7,15H,4H2,1-2H3,(H,12,16)(H,17,18)/t7-/m0/s1. The van der Waals surface area contributed by atoms with Crippen molar-refractivity contribution < 1.29 is 19.8 Å². The van der Waals surface area contributed by atoms with Gasteiger partial charge in [-0.3, -0.25) is 9.48 Å². The van der Waals surface area contributed by atoms with Crippen LogP contribution in [0, 0.1) is 6.92 Å². The van der Waals surface area contributed by atoms with Gasteiger partial charge in [0.05, 0.1) is 17.2 Å². The van der Waals surface area contributed by atoms with Crippen LogP contribution in [-0.4, -0.2) is 44.5 Å². The zero-order valence-electron chi connectivity index (χ0n) is 10.4. The topological polar surface area (TPSA) is 104 Å². The highest BCUT2D eigenvalue weighted by Crippen LogP contribution is 2.27. The number of carboxylic acids is 1. The van der Waals surface area contributed by atoms with Gasteiger partial charge < -0.3 is 15.5 Å². The van der Waals surface area contributed by atoms with E-state index in [1.54, 1.807) is 17.8 Å². The van der Waals surface area contributed by atoms with Crippen LogP contribution in [0.5, 0.6) is 0 Å². The maximum absolute atomic E-state index is 11.9. The lowest BCUT2D eigenvalue weighted by Crippen LogP contribution is -2.43. The van der Waals surface area contributed by atoms with Crippen LogP contribution in [-0.2, 0) is 11.8 Å². The number of hydrogen-bond acceptors (Lipinski definition) is 5. The van der Waals surface area contributed by atoms with Crippen LogP contribution in [0.2, 0.25) is 0 Å². The monoisotopic (exact) mass is 283 g/mol. The molecule has 1 atom stereocenters. The minimum absolute atomic E-state index is 0.394. The molecule has 102 valence electrons. The van der Waals surface area contributed by atoms with Crippen molar-refractivity contribution in [2.45, 2.75) is 13.0 Å². The first-order chi connectivity index (χ1) is 8.93. The van der Waals surface area contributed by atoms with Crippen molar-refractivity contribution in [3.63, 3.8) is 0 Å². The van der Waals surface area contributed by atoms with Crippen LogP contribution in [0.15, 0.2) is 6.07 Å². The number of thiophene rings is 1. The Hall–Kier alpha value is -1.93. The number of aromatic nitrogens is 2. The average Bonchev–Trinajstić information content (AvgIpc) is 2.89. The quantitative estimate of drug-likeness (QED) is 0.739. The fourth-order valence-corrected chi connectivity index (χ4v) is 2.76. The third-order valence-corrected chi connectivity index (χ3v) is 3.91. The van der Waals surface area contributed by atoms with Crippen molar-refractivity contribution in [1.82, 2.24) is 15.1 Å². The van der Waals surface area contributed by atoms with Crippen LogP contribution >= 0.6 is 11.3 Å². The molecule has 2 aromatic rings. The van der Waals surface area contributed by atoms with Crippen molar-refractivity contribution in [2.75, 3.05) is 6.61 Å². The van der Waals surface area contributed by atoms with Crippen molar-refractivity contribution in [2.24, 2.45) is 7.05 Å². The summed E-state index contributed by atoms with van der Waals surface area (Å²) in [6, 6.07) is 0.380. The number of carbonyl (C=O) groups is 2. The maximum atomic E-state index is 11.9. The number of rotatable bonds is 4. The number of carbonyl (C=O) groups excluding carboxylic acids is 1. The number of aryl methyl sites for hydroxylation is 2. The summed E-state index contributed by atoms with van der Waals surface area (Å²) in [6.07, 6.45) is 0. The molecule has 0 radical (unpaired) electrons. The predicted octanol–water partition coefficient (Wildman–Crippen LogP) is 0.119. The Morgan fingerprint density at radius 1 is 1.58 bits per heavy atom. The van der Waals surface area contributed by atoms with Gasteiger partial charge in [0.1, 0.15) is 4.83 Å². The van der Waals surface area contributed by atoms with Crippen molar-refractivity contribution in [3.8, 4) is 0 Å². The summed E-state index contributed by atoms with van der Waals surface area (Å²) in [7, 11) is 1.78. The van der Waals surface area contributed by atoms with Crippen LogP contribution in [0.1, 0.15) is 15.4 Å². The van der Waals surface area contributed by atoms with Gasteiger partial charge in [0, 0.05) is 12.4 Å². The minimum atomic E-state index is -1.29. The van der Waals surface area contributed by atoms with Gasteiger partial charge in [-0.1, -0.05) is 0 Å². The van der Waals surface area contributed by atoms with Crippen LogP contribution in [0.4, 0.5) is 0 Å². The molecule has 2 aromatic heterocycles. The molecule has 0 saturated carbocycles. The Morgan fingerprint density at radius 3 is 2.79 bits per heavy atom. The number of amides is 1. The number of nitrogens with zero attached hydrogens (tertiary/aromatic N) is 2. The molecule has 0 bridgehead atoms. The van der Waals surface area contributed by atoms with Crippen molar-refractivity contribution >= 4 is 33.4 Å². The summed E-state index contributed by atoms with van der Waals surface area (Å²) in [4.78, 5) is 23.9. The highest BCUT2D eigenvalue weighted by Gasteiger charge is 2.21. The Morgan fingerprint density at radius 2 is 2.26 bits per heavy atom. The maximum Gasteiger partial charge on any atom is 0.328 e. The van der Waals surface area contributed by atoms with E-state index in [-0.39, 0.29) is 0 Å². The average molecular weight is 283 g/mol. The van der Waals surface area contributed by atoms with Gasteiger partial charge in [-0.2, -0.15) is 5.10 Å². The predicted molar refractivity (Wildman–Crippen MR) is 69.3 cm³/mol. The lowest BCUT2D eigenvalue weighted by Gasteiger charge is -2.10. The first-order valence-electron chi connectivity index (χ1n) is 5.51. The van der Waals surface area contributed by atoms with Gasteiger partial charge in [-0.15, -0.1) is 11.3 Å². The minimum Gasteiger partial charge on any atom is -0.480 e. The fourth-order valence-electron chi connectivity index (χ4n) is 1.73. The SMILES string of the molecule is Cc1nn(C)c2sc(C(=O)N[C@@H](CO)C(=O)O)cc12. The summed E-state index contributed by atoms with van der Waals surface area (Å²) >= 11 is 1.23. The van der Waals surface area contributed by atoms with Crippen molar-refractivity contribution in [3.05, 3.63) is 16.6 Å². The number of fused-ring (bicyclic) bond motifs is 1. The number of hydrogen-bond donors (Lipinski definition) is 3.